The van der Waals surface area contributed by atoms with Crippen LogP contribution in [-0.2, 0) is 12.3 Å². The molecule has 0 aromatic rings. The predicted molar refractivity (Wildman–Crippen MR) is 76.6 cm³/mol. The molecule has 0 N–H and O–H groups in total. The van der Waals surface area contributed by atoms with Crippen LogP contribution in [0.2, 0.25) is 24.2 Å². The molecule has 92 valence electrons. The Kier molecular flexibility index (Phi) is 11.8. The van der Waals surface area contributed by atoms with Gasteiger partial charge in [-0.1, -0.05) is 27.7 Å². The third-order valence-corrected chi connectivity index (χ3v) is 11.4. The van der Waals surface area contributed by atoms with E-state index in [4.69, 9.17) is 12.3 Å². The van der Waals surface area contributed by atoms with Crippen molar-refractivity contribution >= 4 is 38.1 Å². The molecule has 0 bridgehead atoms. The van der Waals surface area contributed by atoms with E-state index in [1.165, 1.54) is 12.1 Å². The molecule has 2 unspecified atom stereocenters. The minimum absolute atomic E-state index is 0.292. The van der Waals surface area contributed by atoms with Crippen molar-refractivity contribution in [1.82, 2.24) is 0 Å². The maximum absolute atomic E-state index is 6.06. The molecule has 0 aromatic carbocycles. The highest BCUT2D eigenvalue weighted by molar-refractivity contribution is 6.64. The molecular weight excluding hydrogens is 256 g/mol. The van der Waals surface area contributed by atoms with Crippen LogP contribution in [0.1, 0.15) is 27.7 Å². The second-order valence-electron chi connectivity index (χ2n) is 3.55. The lowest BCUT2D eigenvalue weighted by atomic mass is 11.0. The Morgan fingerprint density at radius 2 is 1.20 bits per heavy atom. The van der Waals surface area contributed by atoms with Gasteiger partial charge in [-0.3, -0.25) is 0 Å². The van der Waals surface area contributed by atoms with Crippen molar-refractivity contribution in [2.45, 2.75) is 51.9 Å². The first kappa shape index (κ1) is 15.7. The lowest BCUT2D eigenvalue weighted by Crippen LogP contribution is -2.34. The Bertz CT molecular complexity index is 125. The van der Waals surface area contributed by atoms with Gasteiger partial charge in [0.05, 0.1) is 0 Å². The summed E-state index contributed by atoms with van der Waals surface area (Å²) < 4.78 is 17.8. The molecule has 0 aliphatic rings. The fourth-order valence-corrected chi connectivity index (χ4v) is 12.0. The first-order valence-electron chi connectivity index (χ1n) is 6.17. The third-order valence-electron chi connectivity index (χ3n) is 1.99. The van der Waals surface area contributed by atoms with Gasteiger partial charge in [0, 0.05) is 0 Å². The van der Waals surface area contributed by atoms with Gasteiger partial charge in [0.25, 0.3) is 0 Å². The Morgan fingerprint density at radius 1 is 0.800 bits per heavy atom. The van der Waals surface area contributed by atoms with Crippen molar-refractivity contribution in [3.05, 3.63) is 0 Å². The van der Waals surface area contributed by atoms with Crippen LogP contribution in [0.4, 0.5) is 0 Å². The van der Waals surface area contributed by atoms with E-state index in [0.29, 0.717) is 0 Å². The topological polar surface area (TPSA) is 27.7 Å². The van der Waals surface area contributed by atoms with E-state index in [2.05, 4.69) is 27.7 Å². The van der Waals surface area contributed by atoms with E-state index >= 15 is 0 Å². The first-order valence-corrected chi connectivity index (χ1v) is 12.8. The minimum Gasteiger partial charge on any atom is -0.444 e. The zero-order valence-electron chi connectivity index (χ0n) is 10.6. The third kappa shape index (κ3) is 8.54. The van der Waals surface area contributed by atoms with Crippen molar-refractivity contribution in [3.8, 4) is 0 Å². The summed E-state index contributed by atoms with van der Waals surface area (Å²) in [7, 11) is -3.24. The molecule has 15 heavy (non-hydrogen) atoms. The second-order valence-corrected chi connectivity index (χ2v) is 13.5. The van der Waals surface area contributed by atoms with E-state index in [1.54, 1.807) is 0 Å². The highest BCUT2D eigenvalue weighted by Gasteiger charge is 2.18. The van der Waals surface area contributed by atoms with Crippen molar-refractivity contribution in [3.63, 3.8) is 0 Å². The standard InChI is InChI=1S/C8H26O3Si4/c1-5-12-9-14(7-3)11-15(8-4)10-13-6-2/h14-15H,5-8,12-13H2,1-4H3. The molecule has 0 heterocycles. The number of hydrogen-bond donors (Lipinski definition) is 0. The van der Waals surface area contributed by atoms with E-state index in [-0.39, 0.29) is 19.5 Å². The summed E-state index contributed by atoms with van der Waals surface area (Å²) in [4.78, 5) is 0. The summed E-state index contributed by atoms with van der Waals surface area (Å²) in [6.45, 7) is 8.75. The Balaban J connectivity index is 3.77. The van der Waals surface area contributed by atoms with Crippen LogP contribution >= 0.6 is 0 Å². The molecule has 0 radical (unpaired) electrons. The summed E-state index contributed by atoms with van der Waals surface area (Å²) in [6, 6.07) is 4.62. The van der Waals surface area contributed by atoms with Gasteiger partial charge < -0.3 is 12.3 Å². The van der Waals surface area contributed by atoms with Crippen molar-refractivity contribution in [2.75, 3.05) is 0 Å². The van der Waals surface area contributed by atoms with Gasteiger partial charge in [-0.25, -0.2) is 0 Å². The SMILES string of the molecule is CC[SiH2]O[SiH](CC)O[SiH](CC)O[SiH2]CC. The second kappa shape index (κ2) is 11.2. The molecule has 0 rings (SSSR count). The summed E-state index contributed by atoms with van der Waals surface area (Å²) >= 11 is 0. The Morgan fingerprint density at radius 3 is 1.47 bits per heavy atom. The lowest BCUT2D eigenvalue weighted by Gasteiger charge is -2.21. The lowest BCUT2D eigenvalue weighted by molar-refractivity contribution is 0.380. The van der Waals surface area contributed by atoms with Crippen molar-refractivity contribution in [2.24, 2.45) is 0 Å². The van der Waals surface area contributed by atoms with Crippen LogP contribution in [0, 0.1) is 0 Å². The van der Waals surface area contributed by atoms with E-state index in [1.807, 2.05) is 0 Å². The fourth-order valence-electron chi connectivity index (χ4n) is 1.17. The van der Waals surface area contributed by atoms with Crippen LogP contribution in [0.3, 0.4) is 0 Å². The minimum atomic E-state index is -1.33. The molecule has 0 aromatic heterocycles. The van der Waals surface area contributed by atoms with Gasteiger partial charge in [0.15, 0.2) is 0 Å². The molecule has 0 saturated carbocycles. The molecule has 2 atom stereocenters. The molecular formula is C8H26O3Si4. The van der Waals surface area contributed by atoms with Crippen LogP contribution in [0.25, 0.3) is 0 Å². The Hall–Kier alpha value is 0.748. The van der Waals surface area contributed by atoms with Gasteiger partial charge in [0.2, 0.25) is 0 Å². The highest BCUT2D eigenvalue weighted by Crippen LogP contribution is 2.04. The van der Waals surface area contributed by atoms with Crippen molar-refractivity contribution in [1.29, 1.82) is 0 Å². The fraction of sp³-hybridized carbons (Fsp3) is 1.00. The van der Waals surface area contributed by atoms with Crippen LogP contribution in [0.5, 0.6) is 0 Å². The van der Waals surface area contributed by atoms with E-state index in [0.717, 1.165) is 12.1 Å². The molecule has 3 nitrogen and oxygen atoms in total. The maximum atomic E-state index is 6.06. The molecule has 0 fully saturated rings. The summed E-state index contributed by atoms with van der Waals surface area (Å²) in [5.41, 5.74) is 0. The molecule has 0 saturated heterocycles. The maximum Gasteiger partial charge on any atom is 0.301 e. The molecule has 0 amide bonds. The normalized spacial score (nSPS) is 16.8. The highest BCUT2D eigenvalue weighted by atomic mass is 28.4. The Labute approximate surface area is 102 Å². The molecule has 0 aliphatic heterocycles. The molecule has 7 heteroatoms. The van der Waals surface area contributed by atoms with Crippen molar-refractivity contribution < 1.29 is 12.3 Å². The first-order chi connectivity index (χ1) is 7.28. The largest absolute Gasteiger partial charge is 0.444 e. The molecule has 0 aliphatic carbocycles. The van der Waals surface area contributed by atoms with Crippen LogP contribution < -0.4 is 0 Å². The van der Waals surface area contributed by atoms with Gasteiger partial charge >= 0.3 is 18.6 Å². The predicted octanol–water partition coefficient (Wildman–Crippen LogP) is 0.561. The summed E-state index contributed by atoms with van der Waals surface area (Å²) in [5, 5.41) is 0. The molecule has 0 spiro atoms. The van der Waals surface area contributed by atoms with Crippen LogP contribution in [0.15, 0.2) is 0 Å². The van der Waals surface area contributed by atoms with Crippen LogP contribution in [-0.4, -0.2) is 38.1 Å². The van der Waals surface area contributed by atoms with E-state index < -0.39 is 18.6 Å². The quantitative estimate of drug-likeness (QED) is 0.548. The van der Waals surface area contributed by atoms with Gasteiger partial charge in [0.1, 0.15) is 19.5 Å². The number of rotatable bonds is 10. The van der Waals surface area contributed by atoms with Gasteiger partial charge in [-0.05, 0) is 24.2 Å². The number of hydrogen-bond acceptors (Lipinski definition) is 3. The average molecular weight is 283 g/mol. The van der Waals surface area contributed by atoms with Gasteiger partial charge in [-0.2, -0.15) is 0 Å². The van der Waals surface area contributed by atoms with E-state index in [9.17, 15) is 0 Å². The van der Waals surface area contributed by atoms with Gasteiger partial charge in [-0.15, -0.1) is 0 Å². The monoisotopic (exact) mass is 282 g/mol. The zero-order chi connectivity index (χ0) is 11.5. The average Bonchev–Trinajstić information content (AvgIpc) is 2.28. The summed E-state index contributed by atoms with van der Waals surface area (Å²) in [5.74, 6) is 0. The zero-order valence-corrected chi connectivity index (χ0v) is 15.8. The smallest absolute Gasteiger partial charge is 0.301 e. The summed E-state index contributed by atoms with van der Waals surface area (Å²) in [6.07, 6.45) is 0.